The molecule has 0 amide bonds. The van der Waals surface area contributed by atoms with Gasteiger partial charge in [0.15, 0.2) is 0 Å². The van der Waals surface area contributed by atoms with Crippen molar-refractivity contribution in [2.45, 2.75) is 19.4 Å². The van der Waals surface area contributed by atoms with Crippen molar-refractivity contribution in [1.29, 1.82) is 0 Å². The van der Waals surface area contributed by atoms with E-state index in [0.29, 0.717) is 6.47 Å². The molecule has 0 fully saturated rings. The second-order valence-corrected chi connectivity index (χ2v) is 2.22. The molecule has 0 saturated heterocycles. The summed E-state index contributed by atoms with van der Waals surface area (Å²) in [5.41, 5.74) is -0.902. The fourth-order valence-electron chi connectivity index (χ4n) is 0.238. The van der Waals surface area contributed by atoms with Crippen molar-refractivity contribution >= 4 is 6.47 Å². The molecule has 0 rings (SSSR count). The minimum Gasteiger partial charge on any atom is -0.465 e. The van der Waals surface area contributed by atoms with Gasteiger partial charge in [-0.25, -0.2) is 0 Å². The van der Waals surface area contributed by atoms with Gasteiger partial charge in [0.05, 0.1) is 5.60 Å². The summed E-state index contributed by atoms with van der Waals surface area (Å²) in [6.07, 6.45) is 0. The highest BCUT2D eigenvalue weighted by Crippen LogP contribution is 1.98. The molecule has 0 unspecified atom stereocenters. The molecule has 3 nitrogen and oxygen atoms in total. The van der Waals surface area contributed by atoms with E-state index in [2.05, 4.69) is 4.74 Å². The highest BCUT2D eigenvalue weighted by atomic mass is 16.5. The fraction of sp³-hybridized carbons (Fsp3) is 0.800. The zero-order valence-corrected chi connectivity index (χ0v) is 5.05. The molecule has 0 aliphatic carbocycles. The summed E-state index contributed by atoms with van der Waals surface area (Å²) in [6.45, 7) is 3.50. The van der Waals surface area contributed by atoms with Crippen molar-refractivity contribution in [3.63, 3.8) is 0 Å². The van der Waals surface area contributed by atoms with Crippen LogP contribution in [-0.2, 0) is 9.53 Å². The monoisotopic (exact) mass is 118 g/mol. The zero-order valence-electron chi connectivity index (χ0n) is 5.05. The first-order chi connectivity index (χ1) is 3.56. The third-order valence-corrected chi connectivity index (χ3v) is 0.505. The van der Waals surface area contributed by atoms with Crippen LogP contribution in [-0.4, -0.2) is 23.8 Å². The molecule has 48 valence electrons. The Hall–Kier alpha value is -0.570. The SMILES string of the molecule is CC(C)(O)COC=O. The summed E-state index contributed by atoms with van der Waals surface area (Å²) >= 11 is 0. The third-order valence-electron chi connectivity index (χ3n) is 0.505. The molecule has 0 aromatic rings. The van der Waals surface area contributed by atoms with Crippen molar-refractivity contribution < 1.29 is 14.6 Å². The van der Waals surface area contributed by atoms with Gasteiger partial charge in [0.1, 0.15) is 6.61 Å². The molecule has 1 N–H and O–H groups in total. The first-order valence-electron chi connectivity index (χ1n) is 2.34. The summed E-state index contributed by atoms with van der Waals surface area (Å²) in [4.78, 5) is 9.52. The van der Waals surface area contributed by atoms with Crippen molar-refractivity contribution in [3.05, 3.63) is 0 Å². The summed E-state index contributed by atoms with van der Waals surface area (Å²) in [5, 5.41) is 8.86. The van der Waals surface area contributed by atoms with E-state index in [1.165, 1.54) is 0 Å². The first-order valence-corrected chi connectivity index (χ1v) is 2.34. The molecule has 8 heavy (non-hydrogen) atoms. The van der Waals surface area contributed by atoms with Gasteiger partial charge in [0.25, 0.3) is 6.47 Å². The largest absolute Gasteiger partial charge is 0.465 e. The van der Waals surface area contributed by atoms with Gasteiger partial charge in [0, 0.05) is 0 Å². The number of hydrogen-bond donors (Lipinski definition) is 1. The molecule has 0 radical (unpaired) electrons. The van der Waals surface area contributed by atoms with Gasteiger partial charge in [-0.2, -0.15) is 0 Å². The second kappa shape index (κ2) is 2.67. The van der Waals surface area contributed by atoms with E-state index in [4.69, 9.17) is 5.11 Å². The molecule has 0 heterocycles. The lowest BCUT2D eigenvalue weighted by molar-refractivity contribution is -0.134. The van der Waals surface area contributed by atoms with Crippen LogP contribution in [0.25, 0.3) is 0 Å². The van der Waals surface area contributed by atoms with E-state index in [1.54, 1.807) is 13.8 Å². The minimum absolute atomic E-state index is 0.0521. The van der Waals surface area contributed by atoms with E-state index < -0.39 is 5.60 Å². The average molecular weight is 118 g/mol. The van der Waals surface area contributed by atoms with Crippen molar-refractivity contribution in [1.82, 2.24) is 0 Å². The van der Waals surface area contributed by atoms with Gasteiger partial charge in [-0.3, -0.25) is 4.79 Å². The van der Waals surface area contributed by atoms with Crippen molar-refractivity contribution in [2.75, 3.05) is 6.61 Å². The lowest BCUT2D eigenvalue weighted by atomic mass is 10.2. The molecule has 0 aliphatic rings. The third kappa shape index (κ3) is 5.43. The van der Waals surface area contributed by atoms with E-state index in [0.717, 1.165) is 0 Å². The lowest BCUT2D eigenvalue weighted by Crippen LogP contribution is -2.25. The van der Waals surface area contributed by atoms with E-state index in [9.17, 15) is 4.79 Å². The van der Waals surface area contributed by atoms with E-state index in [1.807, 2.05) is 0 Å². The van der Waals surface area contributed by atoms with Crippen LogP contribution in [0, 0.1) is 0 Å². The number of hydrogen-bond acceptors (Lipinski definition) is 3. The van der Waals surface area contributed by atoms with E-state index >= 15 is 0 Å². The summed E-state index contributed by atoms with van der Waals surface area (Å²) in [5.74, 6) is 0. The lowest BCUT2D eigenvalue weighted by Gasteiger charge is -2.13. The summed E-state index contributed by atoms with van der Waals surface area (Å²) in [6, 6.07) is 0. The summed E-state index contributed by atoms with van der Waals surface area (Å²) in [7, 11) is 0. The van der Waals surface area contributed by atoms with Crippen LogP contribution in [0.2, 0.25) is 0 Å². The quantitative estimate of drug-likeness (QED) is 0.528. The Bertz CT molecular complexity index is 72.2. The van der Waals surface area contributed by atoms with Crippen LogP contribution < -0.4 is 0 Å². The average Bonchev–Trinajstić information content (AvgIpc) is 1.59. The molecule has 0 spiro atoms. The van der Waals surface area contributed by atoms with Crippen molar-refractivity contribution in [3.8, 4) is 0 Å². The molecule has 0 atom stereocenters. The topological polar surface area (TPSA) is 46.5 Å². The number of carbonyl (C=O) groups excluding carboxylic acids is 1. The Balaban J connectivity index is 3.24. The number of aliphatic hydroxyl groups is 1. The van der Waals surface area contributed by atoms with Gasteiger partial charge in [0.2, 0.25) is 0 Å². The highest BCUT2D eigenvalue weighted by molar-refractivity contribution is 5.37. The van der Waals surface area contributed by atoms with Crippen LogP contribution in [0.5, 0.6) is 0 Å². The van der Waals surface area contributed by atoms with Crippen LogP contribution in [0.3, 0.4) is 0 Å². The standard InChI is InChI=1S/C5H10O3/c1-5(2,7)3-8-4-6/h4,7H,3H2,1-2H3. The maximum absolute atomic E-state index is 9.52. The Morgan fingerprint density at radius 2 is 2.25 bits per heavy atom. The van der Waals surface area contributed by atoms with Gasteiger partial charge in [-0.15, -0.1) is 0 Å². The molecule has 0 bridgehead atoms. The molecular weight excluding hydrogens is 108 g/mol. The van der Waals surface area contributed by atoms with Gasteiger partial charge in [-0.05, 0) is 13.8 Å². The van der Waals surface area contributed by atoms with Crippen LogP contribution in [0.1, 0.15) is 13.8 Å². The number of ether oxygens (including phenoxy) is 1. The van der Waals surface area contributed by atoms with Crippen LogP contribution in [0.4, 0.5) is 0 Å². The molecule has 0 saturated carbocycles. The minimum atomic E-state index is -0.902. The van der Waals surface area contributed by atoms with Gasteiger partial charge >= 0.3 is 0 Å². The van der Waals surface area contributed by atoms with Crippen molar-refractivity contribution in [2.24, 2.45) is 0 Å². The second-order valence-electron chi connectivity index (χ2n) is 2.22. The zero-order chi connectivity index (χ0) is 6.62. The maximum Gasteiger partial charge on any atom is 0.293 e. The van der Waals surface area contributed by atoms with E-state index in [-0.39, 0.29) is 6.61 Å². The maximum atomic E-state index is 9.52. The first kappa shape index (κ1) is 7.43. The van der Waals surface area contributed by atoms with Crippen LogP contribution >= 0.6 is 0 Å². The predicted molar refractivity (Wildman–Crippen MR) is 28.3 cm³/mol. The van der Waals surface area contributed by atoms with Crippen LogP contribution in [0.15, 0.2) is 0 Å². The number of rotatable bonds is 3. The predicted octanol–water partition coefficient (Wildman–Crippen LogP) is -0.0697. The Labute approximate surface area is 48.3 Å². The normalized spacial score (nSPS) is 10.9. The smallest absolute Gasteiger partial charge is 0.293 e. The molecule has 0 aromatic carbocycles. The van der Waals surface area contributed by atoms with Gasteiger partial charge < -0.3 is 9.84 Å². The molecule has 0 aromatic heterocycles. The fourth-order valence-corrected chi connectivity index (χ4v) is 0.238. The number of carbonyl (C=O) groups is 1. The Morgan fingerprint density at radius 1 is 1.75 bits per heavy atom. The highest BCUT2D eigenvalue weighted by Gasteiger charge is 2.11. The molecule has 0 aliphatic heterocycles. The summed E-state index contributed by atoms with van der Waals surface area (Å²) < 4.78 is 4.27. The molecular formula is C5H10O3. The van der Waals surface area contributed by atoms with Gasteiger partial charge in [-0.1, -0.05) is 0 Å². The Morgan fingerprint density at radius 3 is 2.38 bits per heavy atom. The Kier molecular flexibility index (Phi) is 2.48. The molecule has 3 heteroatoms.